The molecule has 2 amide bonds. The third kappa shape index (κ3) is 8.95. The summed E-state index contributed by atoms with van der Waals surface area (Å²) in [4.78, 5) is 28.3. The van der Waals surface area contributed by atoms with Gasteiger partial charge in [0, 0.05) is 25.6 Å². The Kier molecular flexibility index (Phi) is 11.2. The van der Waals surface area contributed by atoms with Crippen molar-refractivity contribution in [3.63, 3.8) is 0 Å². The standard InChI is InChI=1S/C29H40FN3O5S/c1-4-27(29(35)31-24-9-6-7-10-24)32(21-22-12-14-23(30)15-13-22)28(34)11-8-20-33(39(3,36)37)25-16-18-26(19-17-25)38-5-2/h12-19,24,27H,4-11,20-21H2,1-3H3,(H,31,35)/t27-/m0/s1. The normalized spacial score (nSPS) is 14.6. The van der Waals surface area contributed by atoms with Crippen molar-refractivity contribution in [3.05, 3.63) is 59.9 Å². The summed E-state index contributed by atoms with van der Waals surface area (Å²) in [7, 11) is -3.59. The van der Waals surface area contributed by atoms with Crippen LogP contribution in [0, 0.1) is 5.82 Å². The van der Waals surface area contributed by atoms with Gasteiger partial charge < -0.3 is 15.0 Å². The molecule has 0 unspecified atom stereocenters. The van der Waals surface area contributed by atoms with E-state index in [-0.39, 0.29) is 49.6 Å². The lowest BCUT2D eigenvalue weighted by atomic mass is 10.1. The van der Waals surface area contributed by atoms with Crippen molar-refractivity contribution < 1.29 is 27.1 Å². The Morgan fingerprint density at radius 2 is 1.69 bits per heavy atom. The third-order valence-electron chi connectivity index (χ3n) is 6.94. The van der Waals surface area contributed by atoms with Gasteiger partial charge in [0.2, 0.25) is 21.8 Å². The Balaban J connectivity index is 1.73. The van der Waals surface area contributed by atoms with Gasteiger partial charge in [-0.1, -0.05) is 31.9 Å². The Labute approximate surface area is 231 Å². The van der Waals surface area contributed by atoms with Crippen molar-refractivity contribution >= 4 is 27.5 Å². The number of carbonyl (C=O) groups is 2. The lowest BCUT2D eigenvalue weighted by Crippen LogP contribution is -2.51. The topological polar surface area (TPSA) is 96.0 Å². The predicted molar refractivity (Wildman–Crippen MR) is 150 cm³/mol. The minimum atomic E-state index is -3.59. The van der Waals surface area contributed by atoms with Gasteiger partial charge in [-0.3, -0.25) is 13.9 Å². The minimum Gasteiger partial charge on any atom is -0.494 e. The van der Waals surface area contributed by atoms with Gasteiger partial charge in [0.05, 0.1) is 18.6 Å². The highest BCUT2D eigenvalue weighted by atomic mass is 32.2. The number of nitrogens with zero attached hydrogens (tertiary/aromatic N) is 2. The third-order valence-corrected chi connectivity index (χ3v) is 8.14. The van der Waals surface area contributed by atoms with Crippen LogP contribution in [0.3, 0.4) is 0 Å². The number of hydrogen-bond donors (Lipinski definition) is 1. The minimum absolute atomic E-state index is 0.0530. The molecule has 0 saturated heterocycles. The Morgan fingerprint density at radius 1 is 1.05 bits per heavy atom. The molecule has 1 atom stereocenters. The van der Waals surface area contributed by atoms with Crippen molar-refractivity contribution in [3.8, 4) is 5.75 Å². The molecular formula is C29H40FN3O5S. The first-order valence-electron chi connectivity index (χ1n) is 13.7. The summed E-state index contributed by atoms with van der Waals surface area (Å²) in [6.45, 7) is 4.50. The van der Waals surface area contributed by atoms with E-state index in [4.69, 9.17) is 4.74 Å². The van der Waals surface area contributed by atoms with Gasteiger partial charge in [0.25, 0.3) is 0 Å². The molecular weight excluding hydrogens is 521 g/mol. The molecule has 0 aliphatic heterocycles. The van der Waals surface area contributed by atoms with Crippen LogP contribution < -0.4 is 14.4 Å². The van der Waals surface area contributed by atoms with Crippen molar-refractivity contribution in [1.29, 1.82) is 0 Å². The molecule has 3 rings (SSSR count). The number of carbonyl (C=O) groups excluding carboxylic acids is 2. The Morgan fingerprint density at radius 3 is 2.26 bits per heavy atom. The van der Waals surface area contributed by atoms with E-state index >= 15 is 0 Å². The lowest BCUT2D eigenvalue weighted by Gasteiger charge is -2.32. The largest absolute Gasteiger partial charge is 0.494 e. The maximum atomic E-state index is 13.5. The first kappa shape index (κ1) is 30.4. The fourth-order valence-corrected chi connectivity index (χ4v) is 5.92. The van der Waals surface area contributed by atoms with Gasteiger partial charge in [-0.25, -0.2) is 12.8 Å². The number of ether oxygens (including phenoxy) is 1. The van der Waals surface area contributed by atoms with E-state index in [2.05, 4.69) is 5.32 Å². The van der Waals surface area contributed by atoms with E-state index in [1.807, 2.05) is 13.8 Å². The zero-order valence-corrected chi connectivity index (χ0v) is 23.9. The van der Waals surface area contributed by atoms with Gasteiger partial charge in [-0.15, -0.1) is 0 Å². The highest BCUT2D eigenvalue weighted by Crippen LogP contribution is 2.23. The molecule has 2 aromatic carbocycles. The quantitative estimate of drug-likeness (QED) is 0.363. The molecule has 10 heteroatoms. The van der Waals surface area contributed by atoms with Crippen LogP contribution in [0.2, 0.25) is 0 Å². The molecule has 214 valence electrons. The van der Waals surface area contributed by atoms with Crippen molar-refractivity contribution in [2.75, 3.05) is 23.7 Å². The molecule has 8 nitrogen and oxygen atoms in total. The molecule has 1 N–H and O–H groups in total. The van der Waals surface area contributed by atoms with Crippen LogP contribution in [-0.4, -0.2) is 56.6 Å². The van der Waals surface area contributed by atoms with Gasteiger partial charge in [-0.05, 0) is 74.6 Å². The number of benzene rings is 2. The Bertz CT molecular complexity index is 1180. The van der Waals surface area contributed by atoms with E-state index in [1.165, 1.54) is 16.4 Å². The number of amides is 2. The van der Waals surface area contributed by atoms with Gasteiger partial charge in [0.1, 0.15) is 17.6 Å². The molecule has 2 aromatic rings. The predicted octanol–water partition coefficient (Wildman–Crippen LogP) is 4.64. The summed E-state index contributed by atoms with van der Waals surface area (Å²) in [6, 6.07) is 12.1. The molecule has 0 heterocycles. The Hall–Kier alpha value is -3.14. The molecule has 1 aliphatic rings. The first-order valence-corrected chi connectivity index (χ1v) is 15.5. The molecule has 0 radical (unpaired) electrons. The number of halogens is 1. The van der Waals surface area contributed by atoms with Crippen LogP contribution in [0.1, 0.15) is 64.4 Å². The molecule has 1 fully saturated rings. The van der Waals surface area contributed by atoms with E-state index in [9.17, 15) is 22.4 Å². The smallest absolute Gasteiger partial charge is 0.243 e. The van der Waals surface area contributed by atoms with Gasteiger partial charge >= 0.3 is 0 Å². The van der Waals surface area contributed by atoms with Gasteiger partial charge in [-0.2, -0.15) is 0 Å². The fraction of sp³-hybridized carbons (Fsp3) is 0.517. The average Bonchev–Trinajstić information content (AvgIpc) is 3.40. The fourth-order valence-electron chi connectivity index (χ4n) is 4.95. The van der Waals surface area contributed by atoms with Crippen molar-refractivity contribution in [2.45, 2.75) is 77.4 Å². The monoisotopic (exact) mass is 561 g/mol. The first-order chi connectivity index (χ1) is 18.6. The summed E-state index contributed by atoms with van der Waals surface area (Å²) >= 11 is 0. The second-order valence-corrected chi connectivity index (χ2v) is 11.8. The van der Waals surface area contributed by atoms with E-state index in [0.29, 0.717) is 30.0 Å². The molecule has 0 spiro atoms. The maximum absolute atomic E-state index is 13.5. The lowest BCUT2D eigenvalue weighted by molar-refractivity contribution is -0.141. The molecule has 39 heavy (non-hydrogen) atoms. The summed E-state index contributed by atoms with van der Waals surface area (Å²) < 4.78 is 45.3. The zero-order valence-electron chi connectivity index (χ0n) is 23.1. The summed E-state index contributed by atoms with van der Waals surface area (Å²) in [6.07, 6.45) is 5.88. The number of rotatable bonds is 14. The number of nitrogens with one attached hydrogen (secondary N) is 1. The molecule has 0 bridgehead atoms. The number of sulfonamides is 1. The summed E-state index contributed by atoms with van der Waals surface area (Å²) in [5.41, 5.74) is 1.20. The number of hydrogen-bond acceptors (Lipinski definition) is 5. The maximum Gasteiger partial charge on any atom is 0.243 e. The van der Waals surface area contributed by atoms with Gasteiger partial charge in [0.15, 0.2) is 0 Å². The SMILES string of the molecule is CCOc1ccc(N(CCCC(=O)N(Cc2ccc(F)cc2)[C@@H](CC)C(=O)NC2CCCC2)S(C)(=O)=O)cc1. The molecule has 0 aromatic heterocycles. The van der Waals surface area contributed by atoms with Crippen LogP contribution in [0.4, 0.5) is 10.1 Å². The zero-order chi connectivity index (χ0) is 28.4. The highest BCUT2D eigenvalue weighted by Gasteiger charge is 2.30. The van der Waals surface area contributed by atoms with Crippen LogP contribution in [0.5, 0.6) is 5.75 Å². The van der Waals surface area contributed by atoms with Crippen LogP contribution >= 0.6 is 0 Å². The van der Waals surface area contributed by atoms with Crippen molar-refractivity contribution in [2.24, 2.45) is 0 Å². The average molecular weight is 562 g/mol. The van der Waals surface area contributed by atoms with Crippen LogP contribution in [-0.2, 0) is 26.2 Å². The summed E-state index contributed by atoms with van der Waals surface area (Å²) in [5, 5.41) is 3.10. The van der Waals surface area contributed by atoms with Crippen LogP contribution in [0.25, 0.3) is 0 Å². The van der Waals surface area contributed by atoms with Crippen LogP contribution in [0.15, 0.2) is 48.5 Å². The highest BCUT2D eigenvalue weighted by molar-refractivity contribution is 7.92. The second kappa shape index (κ2) is 14.3. The molecule has 1 aliphatic carbocycles. The van der Waals surface area contributed by atoms with Crippen molar-refractivity contribution in [1.82, 2.24) is 10.2 Å². The van der Waals surface area contributed by atoms with E-state index < -0.39 is 16.1 Å². The summed E-state index contributed by atoms with van der Waals surface area (Å²) in [5.74, 6) is -0.180. The van der Waals surface area contributed by atoms with E-state index in [0.717, 1.165) is 31.9 Å². The number of anilines is 1. The molecule has 1 saturated carbocycles. The second-order valence-electron chi connectivity index (χ2n) is 9.93. The van der Waals surface area contributed by atoms with E-state index in [1.54, 1.807) is 41.3 Å².